The predicted molar refractivity (Wildman–Crippen MR) is 81.9 cm³/mol. The highest BCUT2D eigenvalue weighted by atomic mass is 32.1. The van der Waals surface area contributed by atoms with Crippen molar-refractivity contribution < 1.29 is 9.18 Å². The van der Waals surface area contributed by atoms with Gasteiger partial charge in [-0.15, -0.1) is 11.3 Å². The van der Waals surface area contributed by atoms with Gasteiger partial charge in [0, 0.05) is 16.5 Å². The lowest BCUT2D eigenvalue weighted by atomic mass is 10.2. The monoisotopic (exact) mass is 302 g/mol. The van der Waals surface area contributed by atoms with E-state index < -0.39 is 0 Å². The van der Waals surface area contributed by atoms with E-state index in [2.05, 4.69) is 11.6 Å². The maximum Gasteiger partial charge on any atom is 0.250 e. The Morgan fingerprint density at radius 2 is 2.33 bits per heavy atom. The average Bonchev–Trinajstić information content (AvgIpc) is 3.23. The van der Waals surface area contributed by atoms with Gasteiger partial charge in [0.25, 0.3) is 5.91 Å². The Morgan fingerprint density at radius 1 is 1.52 bits per heavy atom. The molecule has 1 amide bonds. The largest absolute Gasteiger partial charge is 0.303 e. The number of carbonyl (C=O) groups excluding carboxylic acids is 1. The second-order valence-corrected chi connectivity index (χ2v) is 5.98. The van der Waals surface area contributed by atoms with Gasteiger partial charge in [-0.25, -0.2) is 9.37 Å². The van der Waals surface area contributed by atoms with Crippen LogP contribution >= 0.6 is 11.3 Å². The van der Waals surface area contributed by atoms with E-state index in [0.717, 1.165) is 23.4 Å². The number of carbonyl (C=O) groups is 1. The van der Waals surface area contributed by atoms with Gasteiger partial charge in [-0.1, -0.05) is 12.6 Å². The molecule has 108 valence electrons. The molecule has 0 aliphatic heterocycles. The van der Waals surface area contributed by atoms with Crippen molar-refractivity contribution in [3.63, 3.8) is 0 Å². The Kier molecular flexibility index (Phi) is 3.84. The lowest BCUT2D eigenvalue weighted by Crippen LogP contribution is -2.28. The molecular formula is C16H15FN2OS. The van der Waals surface area contributed by atoms with Crippen LogP contribution in [0.5, 0.6) is 0 Å². The zero-order valence-electron chi connectivity index (χ0n) is 11.5. The summed E-state index contributed by atoms with van der Waals surface area (Å²) in [6.45, 7) is 3.94. The zero-order valence-corrected chi connectivity index (χ0v) is 12.3. The molecule has 0 unspecified atom stereocenters. The lowest BCUT2D eigenvalue weighted by molar-refractivity contribution is -0.114. The maximum atomic E-state index is 13.4. The number of anilines is 1. The minimum atomic E-state index is -0.360. The van der Waals surface area contributed by atoms with Crippen LogP contribution in [-0.4, -0.2) is 10.9 Å². The van der Waals surface area contributed by atoms with Gasteiger partial charge in [-0.3, -0.25) is 4.79 Å². The predicted octanol–water partition coefficient (Wildman–Crippen LogP) is 3.88. The van der Waals surface area contributed by atoms with Gasteiger partial charge >= 0.3 is 0 Å². The SMILES string of the molecule is C=CC(=O)N(Cc1scnc1C1CC1)c1cccc(F)c1. The molecule has 2 aromatic rings. The van der Waals surface area contributed by atoms with Crippen molar-refractivity contribution in [2.45, 2.75) is 25.3 Å². The van der Waals surface area contributed by atoms with Gasteiger partial charge < -0.3 is 4.90 Å². The van der Waals surface area contributed by atoms with Gasteiger partial charge in [-0.05, 0) is 37.1 Å². The van der Waals surface area contributed by atoms with E-state index in [1.807, 2.05) is 5.51 Å². The van der Waals surface area contributed by atoms with Crippen LogP contribution in [0.2, 0.25) is 0 Å². The summed E-state index contributed by atoms with van der Waals surface area (Å²) in [7, 11) is 0. The molecule has 1 aromatic carbocycles. The minimum Gasteiger partial charge on any atom is -0.303 e. The van der Waals surface area contributed by atoms with Crippen LogP contribution in [0.15, 0.2) is 42.4 Å². The standard InChI is InChI=1S/C16H15FN2OS/c1-2-15(20)19(13-5-3-4-12(17)8-13)9-14-16(11-6-7-11)18-10-21-14/h2-5,8,10-11H,1,6-7,9H2. The molecule has 0 N–H and O–H groups in total. The molecule has 1 heterocycles. The fourth-order valence-corrected chi connectivity index (χ4v) is 3.12. The van der Waals surface area contributed by atoms with Crippen molar-refractivity contribution in [2.75, 3.05) is 4.90 Å². The number of hydrogen-bond donors (Lipinski definition) is 0. The van der Waals surface area contributed by atoms with Gasteiger partial charge in [0.2, 0.25) is 0 Å². The van der Waals surface area contributed by atoms with Crippen molar-refractivity contribution in [1.29, 1.82) is 0 Å². The summed E-state index contributed by atoms with van der Waals surface area (Å²) < 4.78 is 13.4. The molecule has 21 heavy (non-hydrogen) atoms. The van der Waals surface area contributed by atoms with Crippen LogP contribution < -0.4 is 4.90 Å². The third-order valence-electron chi connectivity index (χ3n) is 3.50. The van der Waals surface area contributed by atoms with Crippen LogP contribution in [0.4, 0.5) is 10.1 Å². The van der Waals surface area contributed by atoms with E-state index in [1.165, 1.54) is 34.4 Å². The molecule has 3 rings (SSSR count). The fourth-order valence-electron chi connectivity index (χ4n) is 2.28. The highest BCUT2D eigenvalue weighted by Crippen LogP contribution is 2.42. The second-order valence-electron chi connectivity index (χ2n) is 5.04. The third kappa shape index (κ3) is 3.03. The minimum absolute atomic E-state index is 0.240. The van der Waals surface area contributed by atoms with E-state index in [1.54, 1.807) is 12.1 Å². The Morgan fingerprint density at radius 3 is 3.00 bits per heavy atom. The Bertz CT molecular complexity index is 678. The van der Waals surface area contributed by atoms with Crippen molar-refractivity contribution in [1.82, 2.24) is 4.98 Å². The van der Waals surface area contributed by atoms with Crippen molar-refractivity contribution in [3.8, 4) is 0 Å². The number of amides is 1. The Hall–Kier alpha value is -2.01. The quantitative estimate of drug-likeness (QED) is 0.785. The molecule has 1 aliphatic carbocycles. The molecule has 0 saturated heterocycles. The van der Waals surface area contributed by atoms with Crippen LogP contribution in [0, 0.1) is 5.82 Å². The molecule has 1 aliphatic rings. The van der Waals surface area contributed by atoms with Gasteiger partial charge in [0.15, 0.2) is 0 Å². The first-order chi connectivity index (χ1) is 10.2. The summed E-state index contributed by atoms with van der Waals surface area (Å²) in [4.78, 5) is 19.1. The number of hydrogen-bond acceptors (Lipinski definition) is 3. The summed E-state index contributed by atoms with van der Waals surface area (Å²) in [6.07, 6.45) is 3.57. The normalized spacial score (nSPS) is 14.0. The molecular weight excluding hydrogens is 287 g/mol. The van der Waals surface area contributed by atoms with E-state index in [0.29, 0.717) is 18.2 Å². The Balaban J connectivity index is 1.90. The highest BCUT2D eigenvalue weighted by Gasteiger charge is 2.29. The first kappa shape index (κ1) is 13.9. The van der Waals surface area contributed by atoms with Gasteiger partial charge in [0.1, 0.15) is 5.82 Å². The first-order valence-corrected chi connectivity index (χ1v) is 7.68. The maximum absolute atomic E-state index is 13.4. The number of nitrogens with zero attached hydrogens (tertiary/aromatic N) is 2. The first-order valence-electron chi connectivity index (χ1n) is 6.81. The summed E-state index contributed by atoms with van der Waals surface area (Å²) in [6, 6.07) is 6.05. The lowest BCUT2D eigenvalue weighted by Gasteiger charge is -2.21. The van der Waals surface area contributed by atoms with Crippen molar-refractivity contribution in [2.24, 2.45) is 0 Å². The molecule has 0 radical (unpaired) electrons. The van der Waals surface area contributed by atoms with Crippen molar-refractivity contribution >= 4 is 22.9 Å². The van der Waals surface area contributed by atoms with Crippen LogP contribution in [0.1, 0.15) is 29.3 Å². The molecule has 1 fully saturated rings. The molecule has 0 atom stereocenters. The van der Waals surface area contributed by atoms with E-state index in [-0.39, 0.29) is 11.7 Å². The summed E-state index contributed by atoms with van der Waals surface area (Å²) in [5.74, 6) is -0.0729. The average molecular weight is 302 g/mol. The van der Waals surface area contributed by atoms with Crippen LogP contribution in [0.3, 0.4) is 0 Å². The topological polar surface area (TPSA) is 33.2 Å². The number of rotatable bonds is 5. The highest BCUT2D eigenvalue weighted by molar-refractivity contribution is 7.09. The molecule has 1 saturated carbocycles. The summed E-state index contributed by atoms with van der Waals surface area (Å²) in [5.41, 5.74) is 3.43. The Labute approximate surface area is 126 Å². The fraction of sp³-hybridized carbons (Fsp3) is 0.250. The van der Waals surface area contributed by atoms with Crippen LogP contribution in [-0.2, 0) is 11.3 Å². The third-order valence-corrected chi connectivity index (χ3v) is 4.33. The molecule has 0 bridgehead atoms. The number of thiazole rings is 1. The number of halogens is 1. The summed E-state index contributed by atoms with van der Waals surface area (Å²) in [5, 5.41) is 0. The van der Waals surface area contributed by atoms with Crippen molar-refractivity contribution in [3.05, 3.63) is 58.8 Å². The zero-order chi connectivity index (χ0) is 14.8. The van der Waals surface area contributed by atoms with E-state index in [4.69, 9.17) is 0 Å². The van der Waals surface area contributed by atoms with Gasteiger partial charge in [0.05, 0.1) is 17.7 Å². The van der Waals surface area contributed by atoms with E-state index >= 15 is 0 Å². The van der Waals surface area contributed by atoms with E-state index in [9.17, 15) is 9.18 Å². The smallest absolute Gasteiger partial charge is 0.250 e. The number of benzene rings is 1. The molecule has 3 nitrogen and oxygen atoms in total. The number of aromatic nitrogens is 1. The molecule has 1 aromatic heterocycles. The second kappa shape index (κ2) is 5.77. The van der Waals surface area contributed by atoms with Gasteiger partial charge in [-0.2, -0.15) is 0 Å². The molecule has 5 heteroatoms. The molecule has 0 spiro atoms. The summed E-state index contributed by atoms with van der Waals surface area (Å²) >= 11 is 1.54. The van der Waals surface area contributed by atoms with Crippen LogP contribution in [0.25, 0.3) is 0 Å².